The highest BCUT2D eigenvalue weighted by molar-refractivity contribution is 5.94. The van der Waals surface area contributed by atoms with Crippen molar-refractivity contribution in [2.45, 2.75) is 32.0 Å². The van der Waals surface area contributed by atoms with Gasteiger partial charge in [0.1, 0.15) is 5.60 Å². The molecule has 0 unspecified atom stereocenters. The van der Waals surface area contributed by atoms with Gasteiger partial charge in [-0.3, -0.25) is 14.4 Å². The summed E-state index contributed by atoms with van der Waals surface area (Å²) >= 11 is 0. The van der Waals surface area contributed by atoms with Crippen LogP contribution in [0, 0.1) is 17.8 Å². The first-order valence-electron chi connectivity index (χ1n) is 9.13. The van der Waals surface area contributed by atoms with Gasteiger partial charge >= 0.3 is 0 Å². The number of hydrogen-bond donors (Lipinski definition) is 1. The van der Waals surface area contributed by atoms with E-state index in [-0.39, 0.29) is 30.4 Å². The molecule has 3 saturated heterocycles. The van der Waals surface area contributed by atoms with E-state index in [1.165, 1.54) is 0 Å². The van der Waals surface area contributed by atoms with Crippen LogP contribution in [0.1, 0.15) is 20.3 Å². The summed E-state index contributed by atoms with van der Waals surface area (Å²) in [5, 5.41) is 2.73. The van der Waals surface area contributed by atoms with E-state index < -0.39 is 17.4 Å². The highest BCUT2D eigenvalue weighted by Crippen LogP contribution is 2.52. The van der Waals surface area contributed by atoms with Crippen LogP contribution in [0.3, 0.4) is 0 Å². The van der Waals surface area contributed by atoms with Gasteiger partial charge in [0.2, 0.25) is 17.7 Å². The average Bonchev–Trinajstić information content (AvgIpc) is 3.20. The zero-order valence-corrected chi connectivity index (χ0v) is 14.7. The maximum Gasteiger partial charge on any atom is 0.239 e. The number of hydrogen-bond acceptors (Lipinski definition) is 4. The summed E-state index contributed by atoms with van der Waals surface area (Å²) in [5.74, 6) is -0.699. The predicted octanol–water partition coefficient (Wildman–Crippen LogP) is -0.227. The Morgan fingerprint density at radius 1 is 1.44 bits per heavy atom. The smallest absolute Gasteiger partial charge is 0.239 e. The molecular weight excluding hydrogens is 322 g/mol. The van der Waals surface area contributed by atoms with Crippen LogP contribution in [0.15, 0.2) is 12.2 Å². The summed E-state index contributed by atoms with van der Waals surface area (Å²) in [6.07, 6.45) is 4.48. The third-order valence-electron chi connectivity index (χ3n) is 5.79. The molecule has 4 heterocycles. The van der Waals surface area contributed by atoms with E-state index in [2.05, 4.69) is 19.2 Å². The molecule has 1 N–H and O–H groups in total. The van der Waals surface area contributed by atoms with Crippen LogP contribution in [0.4, 0.5) is 0 Å². The van der Waals surface area contributed by atoms with Crippen molar-refractivity contribution in [3.63, 3.8) is 0 Å². The van der Waals surface area contributed by atoms with Gasteiger partial charge in [-0.25, -0.2) is 0 Å². The van der Waals surface area contributed by atoms with Crippen LogP contribution >= 0.6 is 0 Å². The molecule has 7 heteroatoms. The van der Waals surface area contributed by atoms with Crippen LogP contribution in [-0.4, -0.2) is 72.0 Å². The number of carbonyl (C=O) groups excluding carboxylic acids is 3. The highest BCUT2D eigenvalue weighted by atomic mass is 16.5. The van der Waals surface area contributed by atoms with Crippen molar-refractivity contribution in [3.8, 4) is 0 Å². The van der Waals surface area contributed by atoms with Crippen molar-refractivity contribution < 1.29 is 19.1 Å². The summed E-state index contributed by atoms with van der Waals surface area (Å²) in [5.41, 5.74) is -0.656. The molecule has 0 saturated carbocycles. The number of nitrogens with zero attached hydrogens (tertiary/aromatic N) is 2. The van der Waals surface area contributed by atoms with Crippen LogP contribution < -0.4 is 5.32 Å². The first kappa shape index (κ1) is 16.6. The summed E-state index contributed by atoms with van der Waals surface area (Å²) in [6, 6.07) is 0. The van der Waals surface area contributed by atoms with Gasteiger partial charge in [0.25, 0.3) is 0 Å². The van der Waals surface area contributed by atoms with Crippen LogP contribution in [0.2, 0.25) is 0 Å². The molecule has 3 fully saturated rings. The molecule has 1 spiro atoms. The van der Waals surface area contributed by atoms with E-state index in [9.17, 15) is 14.4 Å². The SMILES string of the molecule is CC(C)CCN1C[C@]23C=C[C@H](O2)[C@H](C(=O)N2CCNC(=O)C2)[C@@H]3C1=O. The van der Waals surface area contributed by atoms with Gasteiger partial charge in [-0.1, -0.05) is 26.0 Å². The maximum atomic E-state index is 13.1. The number of fused-ring (bicyclic) bond motifs is 1. The van der Waals surface area contributed by atoms with E-state index in [1.807, 2.05) is 17.1 Å². The molecule has 0 aromatic carbocycles. The average molecular weight is 347 g/mol. The molecule has 3 amide bonds. The normalized spacial score (nSPS) is 36.4. The molecule has 2 bridgehead atoms. The fourth-order valence-electron chi connectivity index (χ4n) is 4.50. The minimum Gasteiger partial charge on any atom is -0.360 e. The topological polar surface area (TPSA) is 79.0 Å². The van der Waals surface area contributed by atoms with Crippen molar-refractivity contribution in [3.05, 3.63) is 12.2 Å². The molecule has 0 aromatic heterocycles. The second-order valence-corrected chi connectivity index (χ2v) is 7.95. The number of likely N-dealkylation sites (tertiary alicyclic amines) is 1. The minimum atomic E-state index is -0.656. The molecule has 4 atom stereocenters. The number of nitrogens with one attached hydrogen (secondary N) is 1. The van der Waals surface area contributed by atoms with E-state index in [0.717, 1.165) is 6.42 Å². The van der Waals surface area contributed by atoms with Crippen LogP contribution in [-0.2, 0) is 19.1 Å². The van der Waals surface area contributed by atoms with Gasteiger partial charge in [-0.2, -0.15) is 0 Å². The van der Waals surface area contributed by atoms with E-state index >= 15 is 0 Å². The van der Waals surface area contributed by atoms with Crippen molar-refractivity contribution >= 4 is 17.7 Å². The monoisotopic (exact) mass is 347 g/mol. The lowest BCUT2D eigenvalue weighted by molar-refractivity contribution is -0.146. The second kappa shape index (κ2) is 5.83. The zero-order valence-electron chi connectivity index (χ0n) is 14.7. The first-order chi connectivity index (χ1) is 11.9. The molecule has 0 radical (unpaired) electrons. The fourth-order valence-corrected chi connectivity index (χ4v) is 4.50. The summed E-state index contributed by atoms with van der Waals surface area (Å²) in [4.78, 5) is 41.1. The molecule has 4 aliphatic rings. The van der Waals surface area contributed by atoms with Gasteiger partial charge < -0.3 is 19.9 Å². The number of piperazine rings is 1. The van der Waals surface area contributed by atoms with E-state index in [1.54, 1.807) is 4.90 Å². The summed E-state index contributed by atoms with van der Waals surface area (Å²) in [6.45, 7) is 6.51. The number of ether oxygens (including phenoxy) is 1. The molecule has 136 valence electrons. The lowest BCUT2D eigenvalue weighted by Crippen LogP contribution is -2.54. The van der Waals surface area contributed by atoms with Gasteiger partial charge in [0, 0.05) is 19.6 Å². The lowest BCUT2D eigenvalue weighted by atomic mass is 9.76. The predicted molar refractivity (Wildman–Crippen MR) is 89.3 cm³/mol. The zero-order chi connectivity index (χ0) is 17.8. The van der Waals surface area contributed by atoms with Gasteiger partial charge in [0.15, 0.2) is 0 Å². The molecule has 4 aliphatic heterocycles. The Bertz CT molecular complexity index is 646. The molecule has 0 aliphatic carbocycles. The van der Waals surface area contributed by atoms with E-state index in [4.69, 9.17) is 4.74 Å². The number of amides is 3. The molecule has 0 aromatic rings. The summed E-state index contributed by atoms with van der Waals surface area (Å²) in [7, 11) is 0. The fraction of sp³-hybridized carbons (Fsp3) is 0.722. The molecule has 4 rings (SSSR count). The second-order valence-electron chi connectivity index (χ2n) is 7.95. The van der Waals surface area contributed by atoms with Crippen molar-refractivity contribution in [1.29, 1.82) is 0 Å². The Kier molecular flexibility index (Phi) is 3.86. The number of rotatable bonds is 4. The number of carbonyl (C=O) groups is 3. The third kappa shape index (κ3) is 2.56. The third-order valence-corrected chi connectivity index (χ3v) is 5.79. The Balaban J connectivity index is 1.54. The molecule has 25 heavy (non-hydrogen) atoms. The van der Waals surface area contributed by atoms with Gasteiger partial charge in [-0.05, 0) is 12.3 Å². The summed E-state index contributed by atoms with van der Waals surface area (Å²) < 4.78 is 6.12. The molecule has 7 nitrogen and oxygen atoms in total. The maximum absolute atomic E-state index is 13.1. The van der Waals surface area contributed by atoms with Crippen LogP contribution in [0.25, 0.3) is 0 Å². The van der Waals surface area contributed by atoms with Crippen molar-refractivity contribution in [2.75, 3.05) is 32.7 Å². The largest absolute Gasteiger partial charge is 0.360 e. The Morgan fingerprint density at radius 3 is 2.96 bits per heavy atom. The van der Waals surface area contributed by atoms with E-state index in [0.29, 0.717) is 32.1 Å². The standard InChI is InChI=1S/C18H25N3O4/c1-11(2)4-7-21-10-18-5-3-12(25-18)14(15(18)17(21)24)16(23)20-8-6-19-13(22)9-20/h3,5,11-12,14-15H,4,6-10H2,1-2H3,(H,19,22)/t12-,14-,15+,18-/m0/s1. The lowest BCUT2D eigenvalue weighted by Gasteiger charge is -2.32. The Morgan fingerprint density at radius 2 is 2.24 bits per heavy atom. The quantitative estimate of drug-likeness (QED) is 0.713. The highest BCUT2D eigenvalue weighted by Gasteiger charge is 2.67. The minimum absolute atomic E-state index is 0.0207. The van der Waals surface area contributed by atoms with Gasteiger partial charge in [-0.15, -0.1) is 0 Å². The van der Waals surface area contributed by atoms with Crippen LogP contribution in [0.5, 0.6) is 0 Å². The molecular formula is C18H25N3O4. The Labute approximate surface area is 147 Å². The Hall–Kier alpha value is -1.89. The van der Waals surface area contributed by atoms with Gasteiger partial charge in [0.05, 0.1) is 31.0 Å². The van der Waals surface area contributed by atoms with Crippen molar-refractivity contribution in [1.82, 2.24) is 15.1 Å². The first-order valence-corrected chi connectivity index (χ1v) is 9.13. The van der Waals surface area contributed by atoms with Crippen molar-refractivity contribution in [2.24, 2.45) is 17.8 Å².